The highest BCUT2D eigenvalue weighted by molar-refractivity contribution is 7.89. The van der Waals surface area contributed by atoms with Crippen LogP contribution in [0.2, 0.25) is 0 Å². The molecule has 0 atom stereocenters. The number of hydrogen-bond donors (Lipinski definition) is 2. The number of aryl methyl sites for hydroxylation is 2. The Morgan fingerprint density at radius 2 is 1.95 bits per heavy atom. The van der Waals surface area contributed by atoms with Crippen molar-refractivity contribution in [3.05, 3.63) is 29.3 Å². The number of nitrogens with one attached hydrogen (secondary N) is 1. The molecular formula is C15H23N3O2S. The Hall–Kier alpha value is -1.40. The van der Waals surface area contributed by atoms with Gasteiger partial charge >= 0.3 is 0 Å². The van der Waals surface area contributed by atoms with E-state index in [1.54, 1.807) is 13.0 Å². The van der Waals surface area contributed by atoms with Crippen LogP contribution in [0.4, 0.5) is 0 Å². The maximum Gasteiger partial charge on any atom is 0.244 e. The Morgan fingerprint density at radius 1 is 1.33 bits per heavy atom. The van der Waals surface area contributed by atoms with Gasteiger partial charge in [0.05, 0.1) is 11.4 Å². The van der Waals surface area contributed by atoms with Crippen LogP contribution in [-0.2, 0) is 10.0 Å². The van der Waals surface area contributed by atoms with E-state index in [1.165, 1.54) is 4.31 Å². The van der Waals surface area contributed by atoms with E-state index in [1.807, 2.05) is 19.1 Å². The molecule has 0 amide bonds. The van der Waals surface area contributed by atoms with Crippen LogP contribution in [0.5, 0.6) is 0 Å². The third kappa shape index (κ3) is 3.44. The molecule has 0 aromatic heterocycles. The summed E-state index contributed by atoms with van der Waals surface area (Å²) in [6, 6.07) is 5.38. The van der Waals surface area contributed by atoms with Crippen molar-refractivity contribution in [2.24, 2.45) is 5.73 Å². The molecule has 1 aromatic carbocycles. The second-order valence-corrected chi connectivity index (χ2v) is 7.64. The molecule has 0 spiro atoms. The van der Waals surface area contributed by atoms with Gasteiger partial charge in [-0.1, -0.05) is 25.0 Å². The minimum atomic E-state index is -3.62. The number of nitrogens with zero attached hydrogens (tertiary/aromatic N) is 1. The average molecular weight is 309 g/mol. The standard InChI is InChI=1S/C15H23N3O2S/c1-11-7-8-12(2)14(9-11)21(19,20)18(10-15(16)17)13-5-3-4-6-13/h7-9,13H,3-6,10H2,1-2H3,(H3,16,17). The van der Waals surface area contributed by atoms with Gasteiger partial charge in [0.1, 0.15) is 5.84 Å². The summed E-state index contributed by atoms with van der Waals surface area (Å²) < 4.78 is 27.4. The van der Waals surface area contributed by atoms with Crippen LogP contribution in [0.15, 0.2) is 23.1 Å². The first-order valence-electron chi connectivity index (χ1n) is 7.24. The summed E-state index contributed by atoms with van der Waals surface area (Å²) in [6.07, 6.45) is 3.75. The fourth-order valence-corrected chi connectivity index (χ4v) is 4.86. The number of benzene rings is 1. The Balaban J connectivity index is 2.45. The minimum absolute atomic E-state index is 0.0274. The normalized spacial score (nSPS) is 16.5. The first-order valence-corrected chi connectivity index (χ1v) is 8.68. The van der Waals surface area contributed by atoms with Crippen molar-refractivity contribution in [2.75, 3.05) is 6.54 Å². The molecule has 0 unspecified atom stereocenters. The van der Waals surface area contributed by atoms with Crippen LogP contribution >= 0.6 is 0 Å². The number of nitrogens with two attached hydrogens (primary N) is 1. The molecule has 0 bridgehead atoms. The zero-order chi connectivity index (χ0) is 15.6. The Morgan fingerprint density at radius 3 is 2.52 bits per heavy atom. The van der Waals surface area contributed by atoms with Crippen LogP contribution < -0.4 is 5.73 Å². The van der Waals surface area contributed by atoms with Gasteiger partial charge < -0.3 is 5.73 Å². The largest absolute Gasteiger partial charge is 0.387 e. The van der Waals surface area contributed by atoms with Gasteiger partial charge in [0.25, 0.3) is 0 Å². The van der Waals surface area contributed by atoms with E-state index >= 15 is 0 Å². The zero-order valence-electron chi connectivity index (χ0n) is 12.6. The molecule has 1 aromatic rings. The van der Waals surface area contributed by atoms with E-state index < -0.39 is 10.0 Å². The molecule has 5 nitrogen and oxygen atoms in total. The molecule has 116 valence electrons. The summed E-state index contributed by atoms with van der Waals surface area (Å²) in [5.74, 6) is -0.115. The van der Waals surface area contributed by atoms with Gasteiger partial charge in [-0.25, -0.2) is 8.42 Å². The molecule has 1 saturated carbocycles. The van der Waals surface area contributed by atoms with Gasteiger partial charge in [-0.2, -0.15) is 4.31 Å². The number of rotatable bonds is 5. The summed E-state index contributed by atoms with van der Waals surface area (Å²) >= 11 is 0. The molecule has 0 aliphatic heterocycles. The fourth-order valence-electron chi connectivity index (χ4n) is 2.88. The highest BCUT2D eigenvalue weighted by Gasteiger charge is 2.34. The molecular weight excluding hydrogens is 286 g/mol. The Bertz CT molecular complexity index is 634. The summed E-state index contributed by atoms with van der Waals surface area (Å²) in [5.41, 5.74) is 7.12. The number of hydrogen-bond acceptors (Lipinski definition) is 3. The van der Waals surface area contributed by atoms with Gasteiger partial charge in [-0.05, 0) is 43.9 Å². The van der Waals surface area contributed by atoms with Crippen molar-refractivity contribution in [1.82, 2.24) is 4.31 Å². The monoisotopic (exact) mass is 309 g/mol. The lowest BCUT2D eigenvalue weighted by atomic mass is 10.2. The molecule has 6 heteroatoms. The van der Waals surface area contributed by atoms with Gasteiger partial charge in [0.15, 0.2) is 0 Å². The number of amidine groups is 1. The SMILES string of the molecule is Cc1ccc(C)c(S(=O)(=O)N(CC(=N)N)C2CCCC2)c1. The molecule has 1 aliphatic carbocycles. The summed E-state index contributed by atoms with van der Waals surface area (Å²) in [4.78, 5) is 0.329. The van der Waals surface area contributed by atoms with E-state index in [-0.39, 0.29) is 18.4 Å². The van der Waals surface area contributed by atoms with Crippen molar-refractivity contribution in [1.29, 1.82) is 5.41 Å². The van der Waals surface area contributed by atoms with E-state index in [2.05, 4.69) is 0 Å². The summed E-state index contributed by atoms with van der Waals surface area (Å²) in [5, 5.41) is 7.50. The first-order chi connectivity index (χ1) is 9.82. The van der Waals surface area contributed by atoms with Crippen molar-refractivity contribution >= 4 is 15.9 Å². The van der Waals surface area contributed by atoms with E-state index in [0.717, 1.165) is 36.8 Å². The van der Waals surface area contributed by atoms with Crippen LogP contribution in [0.1, 0.15) is 36.8 Å². The molecule has 3 N–H and O–H groups in total. The zero-order valence-corrected chi connectivity index (χ0v) is 13.4. The van der Waals surface area contributed by atoms with Gasteiger partial charge in [-0.3, -0.25) is 5.41 Å². The third-order valence-electron chi connectivity index (χ3n) is 3.99. The minimum Gasteiger partial charge on any atom is -0.387 e. The summed E-state index contributed by atoms with van der Waals surface area (Å²) in [6.45, 7) is 3.65. The smallest absolute Gasteiger partial charge is 0.244 e. The second-order valence-electron chi connectivity index (χ2n) is 5.78. The average Bonchev–Trinajstić information content (AvgIpc) is 2.92. The second kappa shape index (κ2) is 6.15. The molecule has 2 rings (SSSR count). The van der Waals surface area contributed by atoms with Crippen molar-refractivity contribution in [3.63, 3.8) is 0 Å². The van der Waals surface area contributed by atoms with Gasteiger partial charge in [-0.15, -0.1) is 0 Å². The molecule has 0 radical (unpaired) electrons. The first kappa shape index (κ1) is 16.0. The van der Waals surface area contributed by atoms with Crippen molar-refractivity contribution < 1.29 is 8.42 Å². The summed E-state index contributed by atoms with van der Waals surface area (Å²) in [7, 11) is -3.62. The van der Waals surface area contributed by atoms with Crippen molar-refractivity contribution in [3.8, 4) is 0 Å². The Labute approximate surface area is 126 Å². The van der Waals surface area contributed by atoms with Crippen LogP contribution in [0.25, 0.3) is 0 Å². The topological polar surface area (TPSA) is 87.2 Å². The van der Waals surface area contributed by atoms with E-state index in [0.29, 0.717) is 4.90 Å². The quantitative estimate of drug-likeness (QED) is 0.645. The lowest BCUT2D eigenvalue weighted by Crippen LogP contribution is -2.44. The third-order valence-corrected chi connectivity index (χ3v) is 6.03. The lowest BCUT2D eigenvalue weighted by Gasteiger charge is -2.28. The lowest BCUT2D eigenvalue weighted by molar-refractivity contribution is 0.353. The predicted octanol–water partition coefficient (Wildman–Crippen LogP) is 2.17. The highest BCUT2D eigenvalue weighted by Crippen LogP contribution is 2.30. The Kier molecular flexibility index (Phi) is 4.68. The molecule has 0 saturated heterocycles. The highest BCUT2D eigenvalue weighted by atomic mass is 32.2. The van der Waals surface area contributed by atoms with Crippen LogP contribution in [0, 0.1) is 19.3 Å². The predicted molar refractivity (Wildman–Crippen MR) is 84.0 cm³/mol. The van der Waals surface area contributed by atoms with Crippen molar-refractivity contribution in [2.45, 2.75) is 50.5 Å². The molecule has 21 heavy (non-hydrogen) atoms. The fraction of sp³-hybridized carbons (Fsp3) is 0.533. The maximum atomic E-state index is 13.0. The van der Waals surface area contributed by atoms with Gasteiger partial charge in [0.2, 0.25) is 10.0 Å². The van der Waals surface area contributed by atoms with Crippen LogP contribution in [-0.4, -0.2) is 31.1 Å². The van der Waals surface area contributed by atoms with Gasteiger partial charge in [0, 0.05) is 6.04 Å². The van der Waals surface area contributed by atoms with E-state index in [4.69, 9.17) is 11.1 Å². The van der Waals surface area contributed by atoms with Crippen LogP contribution in [0.3, 0.4) is 0 Å². The molecule has 0 heterocycles. The van der Waals surface area contributed by atoms with E-state index in [9.17, 15) is 8.42 Å². The molecule has 1 aliphatic rings. The number of sulfonamides is 1. The molecule has 1 fully saturated rings. The maximum absolute atomic E-state index is 13.0.